The number of nitrogens with one attached hydrogen (secondary N) is 1. The average Bonchev–Trinajstić information content (AvgIpc) is 3.22. The van der Waals surface area contributed by atoms with Gasteiger partial charge >= 0.3 is 0 Å². The zero-order chi connectivity index (χ0) is 19.9. The Labute approximate surface area is 176 Å². The van der Waals surface area contributed by atoms with Crippen LogP contribution in [0.25, 0.3) is 0 Å². The number of rotatable bonds is 7. The third kappa shape index (κ3) is 5.52. The quantitative estimate of drug-likeness (QED) is 0.546. The molecule has 0 bridgehead atoms. The first-order valence-corrected chi connectivity index (χ1v) is 11.2. The molecule has 29 heavy (non-hydrogen) atoms. The van der Waals surface area contributed by atoms with Gasteiger partial charge in [0.15, 0.2) is 5.13 Å². The molecule has 1 N–H and O–H groups in total. The molecule has 0 atom stereocenters. The van der Waals surface area contributed by atoms with E-state index in [4.69, 9.17) is 4.98 Å². The second-order valence-corrected chi connectivity index (χ2v) is 8.50. The van der Waals surface area contributed by atoms with Crippen LogP contribution in [0, 0.1) is 0 Å². The Morgan fingerprint density at radius 2 is 1.66 bits per heavy atom. The molecule has 1 aromatic heterocycles. The molecule has 1 aliphatic rings. The Kier molecular flexibility index (Phi) is 6.70. The van der Waals surface area contributed by atoms with Crippen LogP contribution in [-0.2, 0) is 13.1 Å². The zero-order valence-electron chi connectivity index (χ0n) is 16.6. The van der Waals surface area contributed by atoms with Crippen LogP contribution in [0.4, 0.5) is 5.13 Å². The average molecular weight is 406 g/mol. The van der Waals surface area contributed by atoms with E-state index in [1.165, 1.54) is 49.0 Å². The highest BCUT2D eigenvalue weighted by Gasteiger charge is 2.22. The largest absolute Gasteiger partial charge is 0.298 e. The topological polar surface area (TPSA) is 45.2 Å². The Hall–Kier alpha value is -2.50. The molecule has 3 aromatic rings. The molecule has 4 rings (SSSR count). The maximum absolute atomic E-state index is 12.4. The van der Waals surface area contributed by atoms with Crippen molar-refractivity contribution in [3.63, 3.8) is 0 Å². The van der Waals surface area contributed by atoms with Crippen molar-refractivity contribution >= 4 is 22.4 Å². The van der Waals surface area contributed by atoms with E-state index < -0.39 is 0 Å². The highest BCUT2D eigenvalue weighted by molar-refractivity contribution is 7.13. The van der Waals surface area contributed by atoms with Gasteiger partial charge in [0.25, 0.3) is 5.91 Å². The zero-order valence-corrected chi connectivity index (χ0v) is 17.4. The van der Waals surface area contributed by atoms with Gasteiger partial charge in [-0.25, -0.2) is 4.98 Å². The lowest BCUT2D eigenvalue weighted by molar-refractivity contribution is 0.102. The van der Waals surface area contributed by atoms with Gasteiger partial charge < -0.3 is 0 Å². The van der Waals surface area contributed by atoms with Crippen molar-refractivity contribution in [2.45, 2.75) is 51.2 Å². The molecule has 1 heterocycles. The first-order valence-electron chi connectivity index (χ1n) is 10.4. The Balaban J connectivity index is 1.44. The smallest absolute Gasteiger partial charge is 0.257 e. The third-order valence-electron chi connectivity index (χ3n) is 5.49. The fourth-order valence-electron chi connectivity index (χ4n) is 3.98. The molecule has 0 saturated heterocycles. The standard InChI is InChI=1S/C24H27N3OS/c28-23(20-12-6-2-7-13-20)26-24-25-21(18-29-24)17-27(22-14-8-3-9-15-22)16-19-10-4-1-5-11-19/h1-2,4-7,10-13,18,22H,3,8-9,14-17H2,(H,25,26,28). The van der Waals surface area contributed by atoms with Crippen molar-refractivity contribution in [3.05, 3.63) is 82.9 Å². The molecular weight excluding hydrogens is 378 g/mol. The van der Waals surface area contributed by atoms with Crippen LogP contribution in [0.5, 0.6) is 0 Å². The number of carbonyl (C=O) groups excluding carboxylic acids is 1. The van der Waals surface area contributed by atoms with Crippen LogP contribution < -0.4 is 5.32 Å². The molecule has 1 amide bonds. The van der Waals surface area contributed by atoms with Crippen LogP contribution >= 0.6 is 11.3 Å². The minimum Gasteiger partial charge on any atom is -0.298 e. The molecule has 0 aliphatic heterocycles. The van der Waals surface area contributed by atoms with Gasteiger partial charge in [-0.05, 0) is 30.5 Å². The van der Waals surface area contributed by atoms with Gasteiger partial charge in [-0.15, -0.1) is 11.3 Å². The van der Waals surface area contributed by atoms with Gasteiger partial charge in [0.1, 0.15) is 0 Å². The van der Waals surface area contributed by atoms with Crippen molar-refractivity contribution in [3.8, 4) is 0 Å². The third-order valence-corrected chi connectivity index (χ3v) is 6.30. The number of nitrogens with zero attached hydrogens (tertiary/aromatic N) is 2. The SMILES string of the molecule is O=C(Nc1nc(CN(Cc2ccccc2)C2CCCCC2)cs1)c1ccccc1. The highest BCUT2D eigenvalue weighted by atomic mass is 32.1. The van der Waals surface area contributed by atoms with Gasteiger partial charge in [0, 0.05) is 30.1 Å². The Morgan fingerprint density at radius 1 is 0.966 bits per heavy atom. The number of hydrogen-bond donors (Lipinski definition) is 1. The van der Waals surface area contributed by atoms with E-state index in [-0.39, 0.29) is 5.91 Å². The molecular formula is C24H27N3OS. The summed E-state index contributed by atoms with van der Waals surface area (Å²) in [6, 6.07) is 20.5. The lowest BCUT2D eigenvalue weighted by Gasteiger charge is -2.34. The lowest BCUT2D eigenvalue weighted by atomic mass is 9.93. The Morgan fingerprint density at radius 3 is 2.38 bits per heavy atom. The van der Waals surface area contributed by atoms with Gasteiger partial charge in [0.2, 0.25) is 0 Å². The van der Waals surface area contributed by atoms with E-state index in [9.17, 15) is 4.79 Å². The fourth-order valence-corrected chi connectivity index (χ4v) is 4.68. The van der Waals surface area contributed by atoms with Gasteiger partial charge in [-0.2, -0.15) is 0 Å². The van der Waals surface area contributed by atoms with E-state index in [1.54, 1.807) is 0 Å². The molecule has 0 radical (unpaired) electrons. The maximum Gasteiger partial charge on any atom is 0.257 e. The summed E-state index contributed by atoms with van der Waals surface area (Å²) in [6.45, 7) is 1.76. The van der Waals surface area contributed by atoms with Crippen molar-refractivity contribution < 1.29 is 4.79 Å². The van der Waals surface area contributed by atoms with E-state index in [0.717, 1.165) is 18.8 Å². The molecule has 150 valence electrons. The van der Waals surface area contributed by atoms with E-state index in [1.807, 2.05) is 30.3 Å². The molecule has 1 saturated carbocycles. The molecule has 1 fully saturated rings. The van der Waals surface area contributed by atoms with Crippen LogP contribution in [0.1, 0.15) is 53.7 Å². The van der Waals surface area contributed by atoms with Gasteiger partial charge in [0.05, 0.1) is 5.69 Å². The molecule has 1 aliphatic carbocycles. The highest BCUT2D eigenvalue weighted by Crippen LogP contribution is 2.27. The second kappa shape index (κ2) is 9.81. The lowest BCUT2D eigenvalue weighted by Crippen LogP contribution is -2.36. The molecule has 0 spiro atoms. The molecule has 0 unspecified atom stereocenters. The summed E-state index contributed by atoms with van der Waals surface area (Å²) in [6.07, 6.45) is 6.49. The number of amides is 1. The van der Waals surface area contributed by atoms with Crippen LogP contribution in [0.2, 0.25) is 0 Å². The number of anilines is 1. The molecule has 4 nitrogen and oxygen atoms in total. The van der Waals surface area contributed by atoms with Gasteiger partial charge in [-0.1, -0.05) is 67.8 Å². The second-order valence-electron chi connectivity index (χ2n) is 7.65. The summed E-state index contributed by atoms with van der Waals surface area (Å²) in [5, 5.41) is 5.67. The van der Waals surface area contributed by atoms with E-state index in [2.05, 4.69) is 45.9 Å². The number of hydrogen-bond acceptors (Lipinski definition) is 4. The van der Waals surface area contributed by atoms with E-state index in [0.29, 0.717) is 16.7 Å². The summed E-state index contributed by atoms with van der Waals surface area (Å²) in [5.41, 5.74) is 3.02. The van der Waals surface area contributed by atoms with Crippen LogP contribution in [-0.4, -0.2) is 21.8 Å². The first kappa shape index (κ1) is 19.8. The minimum absolute atomic E-state index is 0.111. The summed E-state index contributed by atoms with van der Waals surface area (Å²) >= 11 is 1.50. The molecule has 2 aromatic carbocycles. The van der Waals surface area contributed by atoms with Crippen LogP contribution in [0.3, 0.4) is 0 Å². The number of carbonyl (C=O) groups is 1. The van der Waals surface area contributed by atoms with E-state index >= 15 is 0 Å². The predicted molar refractivity (Wildman–Crippen MR) is 119 cm³/mol. The summed E-state index contributed by atoms with van der Waals surface area (Å²) in [5.74, 6) is -0.111. The minimum atomic E-state index is -0.111. The number of benzene rings is 2. The fraction of sp³-hybridized carbons (Fsp3) is 0.333. The van der Waals surface area contributed by atoms with Crippen molar-refractivity contribution in [1.82, 2.24) is 9.88 Å². The van der Waals surface area contributed by atoms with Crippen LogP contribution in [0.15, 0.2) is 66.0 Å². The van der Waals surface area contributed by atoms with Gasteiger partial charge in [-0.3, -0.25) is 15.0 Å². The number of aromatic nitrogens is 1. The van der Waals surface area contributed by atoms with Crippen molar-refractivity contribution in [1.29, 1.82) is 0 Å². The van der Waals surface area contributed by atoms with Crippen molar-refractivity contribution in [2.75, 3.05) is 5.32 Å². The monoisotopic (exact) mass is 405 g/mol. The van der Waals surface area contributed by atoms with Crippen molar-refractivity contribution in [2.24, 2.45) is 0 Å². The summed E-state index contributed by atoms with van der Waals surface area (Å²) in [7, 11) is 0. The predicted octanol–water partition coefficient (Wildman–Crippen LogP) is 5.73. The summed E-state index contributed by atoms with van der Waals surface area (Å²) < 4.78 is 0. The maximum atomic E-state index is 12.4. The Bertz CT molecular complexity index is 904. The number of thiazole rings is 1. The normalized spacial score (nSPS) is 14.8. The summed E-state index contributed by atoms with van der Waals surface area (Å²) in [4.78, 5) is 19.6. The first-order chi connectivity index (χ1) is 14.3. The molecule has 5 heteroatoms.